The summed E-state index contributed by atoms with van der Waals surface area (Å²) in [7, 11) is 0. The van der Waals surface area contributed by atoms with Crippen molar-refractivity contribution < 1.29 is 14.6 Å². The summed E-state index contributed by atoms with van der Waals surface area (Å²) in [6.45, 7) is 0. The third-order valence-corrected chi connectivity index (χ3v) is 4.75. The van der Waals surface area contributed by atoms with E-state index >= 15 is 0 Å². The summed E-state index contributed by atoms with van der Waals surface area (Å²) in [5, 5.41) is 23.4. The molecule has 0 fully saturated rings. The van der Waals surface area contributed by atoms with Gasteiger partial charge in [0, 0.05) is 12.1 Å². The highest BCUT2D eigenvalue weighted by atomic mass is 16.6. The van der Waals surface area contributed by atoms with E-state index in [2.05, 4.69) is 0 Å². The van der Waals surface area contributed by atoms with Crippen molar-refractivity contribution in [2.45, 2.75) is 0 Å². The third-order valence-electron chi connectivity index (χ3n) is 4.75. The van der Waals surface area contributed by atoms with Crippen LogP contribution in [0.1, 0.15) is 0 Å². The molecule has 0 saturated carbocycles. The lowest BCUT2D eigenvalue weighted by molar-refractivity contribution is -0.384. The van der Waals surface area contributed by atoms with Crippen molar-refractivity contribution in [3.8, 4) is 33.8 Å². The van der Waals surface area contributed by atoms with Crippen LogP contribution in [0, 0.1) is 20.2 Å². The van der Waals surface area contributed by atoms with E-state index in [1.165, 1.54) is 24.3 Å². The summed E-state index contributed by atoms with van der Waals surface area (Å²) < 4.78 is 6.12. The molecule has 0 saturated heterocycles. The molecular weight excluding hydrogens is 396 g/mol. The van der Waals surface area contributed by atoms with E-state index in [4.69, 9.17) is 4.74 Å². The number of rotatable bonds is 6. The van der Waals surface area contributed by atoms with Gasteiger partial charge in [-0.25, -0.2) is 0 Å². The fraction of sp³-hybridized carbons (Fsp3) is 0. The minimum atomic E-state index is -0.471. The van der Waals surface area contributed by atoms with Gasteiger partial charge in [-0.15, -0.1) is 0 Å². The Kier molecular flexibility index (Phi) is 5.40. The first-order valence-corrected chi connectivity index (χ1v) is 9.40. The van der Waals surface area contributed by atoms with Crippen LogP contribution >= 0.6 is 0 Å². The maximum atomic E-state index is 11.7. The van der Waals surface area contributed by atoms with Crippen molar-refractivity contribution >= 4 is 11.4 Å². The molecule has 0 bridgehead atoms. The second-order valence-corrected chi connectivity index (χ2v) is 6.65. The SMILES string of the molecule is O=[N+]([O-])c1cccc(Oc2cccc([N+](=O)[O-])c2-c2ccccc2)c1-c1ccccc1. The van der Waals surface area contributed by atoms with E-state index in [1.807, 2.05) is 12.1 Å². The lowest BCUT2D eigenvalue weighted by Gasteiger charge is -2.15. The number of nitro benzene ring substituents is 2. The molecule has 4 aromatic rings. The molecule has 0 N–H and O–H groups in total. The van der Waals surface area contributed by atoms with E-state index in [9.17, 15) is 20.2 Å². The van der Waals surface area contributed by atoms with Crippen LogP contribution in [0.4, 0.5) is 11.4 Å². The molecule has 7 nitrogen and oxygen atoms in total. The average molecular weight is 412 g/mol. The highest BCUT2D eigenvalue weighted by Gasteiger charge is 2.24. The molecule has 4 rings (SSSR count). The van der Waals surface area contributed by atoms with Gasteiger partial charge in [0.2, 0.25) is 0 Å². The fourth-order valence-electron chi connectivity index (χ4n) is 3.42. The molecule has 0 aliphatic heterocycles. The Hall–Kier alpha value is -4.52. The Bertz CT molecular complexity index is 1160. The van der Waals surface area contributed by atoms with Gasteiger partial charge in [-0.2, -0.15) is 0 Å². The van der Waals surface area contributed by atoms with Crippen LogP contribution in [0.15, 0.2) is 97.1 Å². The standard InChI is InChI=1S/C24H16N2O5/c27-25(28)19-13-7-15-21(23(19)17-9-3-1-4-10-17)31-22-16-8-14-20(26(29)30)24(22)18-11-5-2-6-12-18/h1-16H. The zero-order chi connectivity index (χ0) is 21.8. The Morgan fingerprint density at radius 2 is 0.903 bits per heavy atom. The number of nitro groups is 2. The highest BCUT2D eigenvalue weighted by Crippen LogP contribution is 2.44. The number of nitrogens with zero attached hydrogens (tertiary/aromatic N) is 2. The molecule has 0 unspecified atom stereocenters. The molecule has 0 heterocycles. The van der Waals surface area contributed by atoms with Crippen molar-refractivity contribution in [3.63, 3.8) is 0 Å². The molecule has 0 spiro atoms. The van der Waals surface area contributed by atoms with Crippen LogP contribution in [0.5, 0.6) is 11.5 Å². The first kappa shape index (κ1) is 19.8. The monoisotopic (exact) mass is 412 g/mol. The summed E-state index contributed by atoms with van der Waals surface area (Å²) in [5.41, 5.74) is 1.59. The zero-order valence-electron chi connectivity index (χ0n) is 16.2. The van der Waals surface area contributed by atoms with Crippen LogP contribution in [0.3, 0.4) is 0 Å². The van der Waals surface area contributed by atoms with Gasteiger partial charge in [-0.1, -0.05) is 72.8 Å². The molecule has 0 aromatic heterocycles. The molecular formula is C24H16N2O5. The maximum absolute atomic E-state index is 11.7. The molecule has 0 aliphatic carbocycles. The minimum absolute atomic E-state index is 0.115. The average Bonchev–Trinajstić information content (AvgIpc) is 2.80. The van der Waals surface area contributed by atoms with E-state index in [1.54, 1.807) is 60.7 Å². The lowest BCUT2D eigenvalue weighted by atomic mass is 10.0. The van der Waals surface area contributed by atoms with E-state index in [-0.39, 0.29) is 22.9 Å². The Morgan fingerprint density at radius 1 is 0.516 bits per heavy atom. The number of benzene rings is 4. The Balaban J connectivity index is 1.92. The van der Waals surface area contributed by atoms with Crippen molar-refractivity contribution in [2.24, 2.45) is 0 Å². The van der Waals surface area contributed by atoms with Gasteiger partial charge >= 0.3 is 0 Å². The van der Waals surface area contributed by atoms with Crippen LogP contribution in [-0.2, 0) is 0 Å². The summed E-state index contributed by atoms with van der Waals surface area (Å²) in [6, 6.07) is 26.8. The molecule has 0 atom stereocenters. The summed E-state index contributed by atoms with van der Waals surface area (Å²) in [6.07, 6.45) is 0. The summed E-state index contributed by atoms with van der Waals surface area (Å²) in [4.78, 5) is 22.4. The van der Waals surface area contributed by atoms with Gasteiger partial charge in [0.15, 0.2) is 0 Å². The topological polar surface area (TPSA) is 95.5 Å². The van der Waals surface area contributed by atoms with Gasteiger partial charge in [0.05, 0.1) is 9.85 Å². The van der Waals surface area contributed by atoms with Crippen LogP contribution in [0.25, 0.3) is 22.3 Å². The van der Waals surface area contributed by atoms with Gasteiger partial charge in [0.25, 0.3) is 11.4 Å². The van der Waals surface area contributed by atoms with Gasteiger partial charge < -0.3 is 4.74 Å². The molecule has 4 aromatic carbocycles. The highest BCUT2D eigenvalue weighted by molar-refractivity contribution is 5.83. The van der Waals surface area contributed by atoms with E-state index in [0.717, 1.165) is 0 Å². The molecule has 0 amide bonds. The maximum Gasteiger partial charge on any atom is 0.280 e. The van der Waals surface area contributed by atoms with Crippen LogP contribution in [0.2, 0.25) is 0 Å². The summed E-state index contributed by atoms with van der Waals surface area (Å²) >= 11 is 0. The van der Waals surface area contributed by atoms with Gasteiger partial charge in [0.1, 0.15) is 22.6 Å². The second-order valence-electron chi connectivity index (χ2n) is 6.65. The predicted molar refractivity (Wildman–Crippen MR) is 117 cm³/mol. The smallest absolute Gasteiger partial charge is 0.280 e. The minimum Gasteiger partial charge on any atom is -0.456 e. The lowest BCUT2D eigenvalue weighted by Crippen LogP contribution is -1.98. The number of ether oxygens (including phenoxy) is 1. The van der Waals surface area contributed by atoms with E-state index in [0.29, 0.717) is 22.3 Å². The quantitative estimate of drug-likeness (QED) is 0.262. The fourth-order valence-corrected chi connectivity index (χ4v) is 3.42. The normalized spacial score (nSPS) is 10.5. The van der Waals surface area contributed by atoms with Crippen molar-refractivity contribution in [1.29, 1.82) is 0 Å². The molecule has 31 heavy (non-hydrogen) atoms. The third kappa shape index (κ3) is 3.97. The Labute approximate surface area is 177 Å². The van der Waals surface area contributed by atoms with Crippen LogP contribution < -0.4 is 4.74 Å². The second kappa shape index (κ2) is 8.46. The molecule has 7 heteroatoms. The number of hydrogen-bond acceptors (Lipinski definition) is 5. The number of hydrogen-bond donors (Lipinski definition) is 0. The van der Waals surface area contributed by atoms with Gasteiger partial charge in [-0.3, -0.25) is 20.2 Å². The van der Waals surface area contributed by atoms with E-state index < -0.39 is 9.85 Å². The predicted octanol–water partition coefficient (Wildman–Crippen LogP) is 6.63. The summed E-state index contributed by atoms with van der Waals surface area (Å²) in [5.74, 6) is 0.469. The van der Waals surface area contributed by atoms with Crippen molar-refractivity contribution in [3.05, 3.63) is 117 Å². The largest absolute Gasteiger partial charge is 0.456 e. The first-order chi connectivity index (χ1) is 15.1. The van der Waals surface area contributed by atoms with Crippen molar-refractivity contribution in [1.82, 2.24) is 0 Å². The van der Waals surface area contributed by atoms with Crippen molar-refractivity contribution in [2.75, 3.05) is 0 Å². The van der Waals surface area contributed by atoms with Crippen LogP contribution in [-0.4, -0.2) is 9.85 Å². The van der Waals surface area contributed by atoms with Gasteiger partial charge in [-0.05, 0) is 23.3 Å². The molecule has 0 aliphatic rings. The Morgan fingerprint density at radius 3 is 1.26 bits per heavy atom. The molecule has 0 radical (unpaired) electrons. The molecule has 152 valence electrons. The first-order valence-electron chi connectivity index (χ1n) is 9.40. The zero-order valence-corrected chi connectivity index (χ0v) is 16.2.